The number of benzene rings is 1. The van der Waals surface area contributed by atoms with Gasteiger partial charge < -0.3 is 9.73 Å². The van der Waals surface area contributed by atoms with E-state index in [1.54, 1.807) is 30.3 Å². The smallest absolute Gasteiger partial charge is 0.326 e. The van der Waals surface area contributed by atoms with Crippen LogP contribution < -0.4 is 10.6 Å². The second-order valence-corrected chi connectivity index (χ2v) is 5.00. The number of nitrogens with one attached hydrogen (secondary N) is 2. The van der Waals surface area contributed by atoms with Crippen molar-refractivity contribution in [3.05, 3.63) is 45.0 Å². The lowest BCUT2D eigenvalue weighted by Crippen LogP contribution is -2.18. The lowest BCUT2D eigenvalue weighted by atomic mass is 10.3. The fourth-order valence-corrected chi connectivity index (χ4v) is 2.11. The Balaban J connectivity index is 2.02. The Labute approximate surface area is 121 Å². The van der Waals surface area contributed by atoms with Gasteiger partial charge in [-0.15, -0.1) is 0 Å². The highest BCUT2D eigenvalue weighted by Gasteiger charge is 2.06. The van der Waals surface area contributed by atoms with E-state index >= 15 is 0 Å². The molecule has 0 spiro atoms. The fraction of sp³-hybridized carbons (Fsp3) is 0. The van der Waals surface area contributed by atoms with Crippen molar-refractivity contribution in [3.8, 4) is 0 Å². The third kappa shape index (κ3) is 3.66. The Kier molecular flexibility index (Phi) is 4.16. The zero-order valence-corrected chi connectivity index (χ0v) is 11.9. The third-order valence-corrected chi connectivity index (χ3v) is 2.79. The van der Waals surface area contributed by atoms with Crippen LogP contribution in [0.2, 0.25) is 10.0 Å². The molecule has 18 heavy (non-hydrogen) atoms. The summed E-state index contributed by atoms with van der Waals surface area (Å²) in [5.74, 6) is 0.326. The third-order valence-electron chi connectivity index (χ3n) is 1.93. The molecule has 0 saturated carbocycles. The molecule has 2 rings (SSSR count). The molecule has 0 atom stereocenters. The number of anilines is 2. The minimum absolute atomic E-state index is 0.326. The maximum atomic E-state index is 11.6. The maximum absolute atomic E-state index is 11.6. The van der Waals surface area contributed by atoms with Crippen LogP contribution in [0, 0.1) is 0 Å². The summed E-state index contributed by atoms with van der Waals surface area (Å²) >= 11 is 14.8. The standard InChI is InChI=1S/C11H7BrCl2N2O2/c12-9-1-2-10(18-9)16-11(17)15-8-4-6(13)3-7(14)5-8/h1-5H,(H2,15,16,17). The highest BCUT2D eigenvalue weighted by molar-refractivity contribution is 9.10. The molecule has 2 N–H and O–H groups in total. The highest BCUT2D eigenvalue weighted by Crippen LogP contribution is 2.23. The van der Waals surface area contributed by atoms with Crippen LogP contribution in [0.1, 0.15) is 0 Å². The molecule has 1 aromatic heterocycles. The number of furan rings is 1. The Morgan fingerprint density at radius 1 is 1.11 bits per heavy atom. The fourth-order valence-electron chi connectivity index (χ4n) is 1.28. The number of hydrogen-bond donors (Lipinski definition) is 2. The Hall–Kier alpha value is -1.17. The van der Waals surface area contributed by atoms with E-state index in [0.717, 1.165) is 0 Å². The summed E-state index contributed by atoms with van der Waals surface area (Å²) in [6.45, 7) is 0. The number of amides is 2. The number of rotatable bonds is 2. The molecule has 0 unspecified atom stereocenters. The van der Waals surface area contributed by atoms with E-state index in [-0.39, 0.29) is 0 Å². The van der Waals surface area contributed by atoms with E-state index in [4.69, 9.17) is 27.6 Å². The maximum Gasteiger partial charge on any atom is 0.326 e. The van der Waals surface area contributed by atoms with Crippen LogP contribution in [0.25, 0.3) is 0 Å². The second kappa shape index (κ2) is 5.65. The van der Waals surface area contributed by atoms with Gasteiger partial charge in [-0.25, -0.2) is 4.79 Å². The molecule has 0 aliphatic rings. The van der Waals surface area contributed by atoms with Gasteiger partial charge in [0.25, 0.3) is 0 Å². The molecule has 0 radical (unpaired) electrons. The molecule has 2 aromatic rings. The van der Waals surface area contributed by atoms with Gasteiger partial charge in [-0.2, -0.15) is 0 Å². The predicted octanol–water partition coefficient (Wildman–Crippen LogP) is 4.99. The van der Waals surface area contributed by atoms with Gasteiger partial charge in [0, 0.05) is 21.8 Å². The van der Waals surface area contributed by atoms with Crippen molar-refractivity contribution in [1.29, 1.82) is 0 Å². The average Bonchev–Trinajstić information content (AvgIpc) is 2.61. The van der Waals surface area contributed by atoms with Crippen LogP contribution in [0.5, 0.6) is 0 Å². The zero-order valence-electron chi connectivity index (χ0n) is 8.84. The summed E-state index contributed by atoms with van der Waals surface area (Å²) in [6.07, 6.45) is 0. The molecular weight excluding hydrogens is 343 g/mol. The quantitative estimate of drug-likeness (QED) is 0.802. The Morgan fingerprint density at radius 3 is 2.33 bits per heavy atom. The van der Waals surface area contributed by atoms with E-state index in [1.165, 1.54) is 0 Å². The van der Waals surface area contributed by atoms with E-state index < -0.39 is 6.03 Å². The number of carbonyl (C=O) groups is 1. The number of hydrogen-bond acceptors (Lipinski definition) is 2. The van der Waals surface area contributed by atoms with E-state index in [0.29, 0.717) is 26.3 Å². The lowest BCUT2D eigenvalue weighted by Gasteiger charge is -2.06. The monoisotopic (exact) mass is 348 g/mol. The topological polar surface area (TPSA) is 54.3 Å². The van der Waals surface area contributed by atoms with Gasteiger partial charge in [-0.1, -0.05) is 23.2 Å². The SMILES string of the molecule is O=C(Nc1cc(Cl)cc(Cl)c1)Nc1ccc(Br)o1. The molecule has 94 valence electrons. The van der Waals surface area contributed by atoms with Crippen molar-refractivity contribution in [3.63, 3.8) is 0 Å². The minimum atomic E-state index is -0.449. The van der Waals surface area contributed by atoms with Gasteiger partial charge in [-0.05, 0) is 40.2 Å². The van der Waals surface area contributed by atoms with Gasteiger partial charge in [0.1, 0.15) is 0 Å². The molecule has 0 aliphatic heterocycles. The van der Waals surface area contributed by atoms with Crippen LogP contribution in [0.3, 0.4) is 0 Å². The summed E-state index contributed by atoms with van der Waals surface area (Å²) in [6, 6.07) is 7.60. The molecule has 7 heteroatoms. The highest BCUT2D eigenvalue weighted by atomic mass is 79.9. The normalized spacial score (nSPS) is 10.2. The molecule has 0 saturated heterocycles. The molecule has 0 fully saturated rings. The molecule has 2 amide bonds. The van der Waals surface area contributed by atoms with Gasteiger partial charge in [0.05, 0.1) is 0 Å². The Bertz CT molecular complexity index is 566. The molecule has 1 aromatic carbocycles. The van der Waals surface area contributed by atoms with Crippen LogP contribution >= 0.6 is 39.1 Å². The lowest BCUT2D eigenvalue weighted by molar-refractivity contribution is 0.261. The van der Waals surface area contributed by atoms with Gasteiger partial charge in [0.15, 0.2) is 4.67 Å². The second-order valence-electron chi connectivity index (χ2n) is 3.34. The summed E-state index contributed by atoms with van der Waals surface area (Å²) in [4.78, 5) is 11.6. The van der Waals surface area contributed by atoms with Crippen LogP contribution in [0.4, 0.5) is 16.4 Å². The van der Waals surface area contributed by atoms with Crippen LogP contribution in [-0.2, 0) is 0 Å². The molecular formula is C11H7BrCl2N2O2. The van der Waals surface area contributed by atoms with E-state index in [1.807, 2.05) is 0 Å². The zero-order chi connectivity index (χ0) is 13.1. The van der Waals surface area contributed by atoms with Gasteiger partial charge in [-0.3, -0.25) is 5.32 Å². The van der Waals surface area contributed by atoms with Crippen molar-refractivity contribution in [1.82, 2.24) is 0 Å². The van der Waals surface area contributed by atoms with Crippen LogP contribution in [0.15, 0.2) is 39.4 Å². The first kappa shape index (κ1) is 13.3. The summed E-state index contributed by atoms with van der Waals surface area (Å²) in [5, 5.41) is 5.99. The summed E-state index contributed by atoms with van der Waals surface area (Å²) < 4.78 is 5.66. The molecule has 1 heterocycles. The predicted molar refractivity (Wildman–Crippen MR) is 75.5 cm³/mol. The number of carbonyl (C=O) groups excluding carboxylic acids is 1. The minimum Gasteiger partial charge on any atom is -0.434 e. The van der Waals surface area contributed by atoms with Gasteiger partial charge in [0.2, 0.25) is 5.88 Å². The van der Waals surface area contributed by atoms with Gasteiger partial charge >= 0.3 is 6.03 Å². The number of halogens is 3. The van der Waals surface area contributed by atoms with Crippen molar-refractivity contribution < 1.29 is 9.21 Å². The van der Waals surface area contributed by atoms with Crippen LogP contribution in [-0.4, -0.2) is 6.03 Å². The first-order chi connectivity index (χ1) is 8.52. The number of urea groups is 1. The molecule has 4 nitrogen and oxygen atoms in total. The van der Waals surface area contributed by atoms with Crippen molar-refractivity contribution in [2.24, 2.45) is 0 Å². The van der Waals surface area contributed by atoms with E-state index in [9.17, 15) is 4.79 Å². The average molecular weight is 350 g/mol. The van der Waals surface area contributed by atoms with Crippen molar-refractivity contribution in [2.75, 3.05) is 10.6 Å². The summed E-state index contributed by atoms with van der Waals surface area (Å²) in [7, 11) is 0. The summed E-state index contributed by atoms with van der Waals surface area (Å²) in [5.41, 5.74) is 0.496. The van der Waals surface area contributed by atoms with E-state index in [2.05, 4.69) is 26.6 Å². The van der Waals surface area contributed by atoms with Crippen molar-refractivity contribution in [2.45, 2.75) is 0 Å². The Morgan fingerprint density at radius 2 is 1.78 bits per heavy atom. The van der Waals surface area contributed by atoms with Crippen molar-refractivity contribution >= 4 is 56.7 Å². The molecule has 0 bridgehead atoms. The first-order valence-corrected chi connectivity index (χ1v) is 6.37. The molecule has 0 aliphatic carbocycles. The first-order valence-electron chi connectivity index (χ1n) is 4.82. The largest absolute Gasteiger partial charge is 0.434 e.